The standard InChI is InChI=1S/C19H14ClF3N2O3/c1-11-16(17(24-28-11)14-5-3-4-6-15(14)20)18(26)25(2)12-7-9-13(10-8-12)27-19(21,22)23/h3-10H,1-2H3. The van der Waals surface area contributed by atoms with Crippen LogP contribution in [0.5, 0.6) is 5.75 Å². The van der Waals surface area contributed by atoms with Crippen molar-refractivity contribution in [2.24, 2.45) is 0 Å². The van der Waals surface area contributed by atoms with Gasteiger partial charge in [-0.1, -0.05) is 35.0 Å². The van der Waals surface area contributed by atoms with E-state index >= 15 is 0 Å². The molecular weight excluding hydrogens is 397 g/mol. The lowest BCUT2D eigenvalue weighted by atomic mass is 10.0. The Morgan fingerprint density at radius 3 is 2.39 bits per heavy atom. The Balaban J connectivity index is 1.91. The summed E-state index contributed by atoms with van der Waals surface area (Å²) < 4.78 is 45.9. The van der Waals surface area contributed by atoms with E-state index in [2.05, 4.69) is 9.89 Å². The number of hydrogen-bond acceptors (Lipinski definition) is 4. The maximum absolute atomic E-state index is 13.0. The molecule has 0 aliphatic heterocycles. The number of benzene rings is 2. The van der Waals surface area contributed by atoms with E-state index < -0.39 is 12.3 Å². The average molecular weight is 411 g/mol. The first kappa shape index (κ1) is 19.8. The van der Waals surface area contributed by atoms with Crippen LogP contribution in [0.15, 0.2) is 53.1 Å². The van der Waals surface area contributed by atoms with Crippen molar-refractivity contribution in [2.75, 3.05) is 11.9 Å². The lowest BCUT2D eigenvalue weighted by molar-refractivity contribution is -0.274. The minimum atomic E-state index is -4.79. The summed E-state index contributed by atoms with van der Waals surface area (Å²) in [7, 11) is 1.49. The highest BCUT2D eigenvalue weighted by Crippen LogP contribution is 2.33. The fourth-order valence-corrected chi connectivity index (χ4v) is 2.84. The number of carbonyl (C=O) groups excluding carboxylic acids is 1. The number of anilines is 1. The molecule has 1 aromatic heterocycles. The van der Waals surface area contributed by atoms with Crippen LogP contribution in [0.2, 0.25) is 5.02 Å². The first-order chi connectivity index (χ1) is 13.2. The number of hydrogen-bond donors (Lipinski definition) is 0. The van der Waals surface area contributed by atoms with E-state index in [4.69, 9.17) is 16.1 Å². The van der Waals surface area contributed by atoms with Gasteiger partial charge < -0.3 is 14.2 Å². The predicted molar refractivity (Wildman–Crippen MR) is 97.5 cm³/mol. The highest BCUT2D eigenvalue weighted by atomic mass is 35.5. The highest BCUT2D eigenvalue weighted by Gasteiger charge is 2.31. The van der Waals surface area contributed by atoms with Crippen molar-refractivity contribution in [1.29, 1.82) is 0 Å². The second-order valence-corrected chi connectivity index (χ2v) is 6.26. The van der Waals surface area contributed by atoms with Crippen molar-refractivity contribution in [2.45, 2.75) is 13.3 Å². The van der Waals surface area contributed by atoms with Crippen molar-refractivity contribution in [3.05, 3.63) is 64.9 Å². The molecule has 3 rings (SSSR count). The summed E-state index contributed by atoms with van der Waals surface area (Å²) in [5.41, 5.74) is 1.40. The summed E-state index contributed by atoms with van der Waals surface area (Å²) in [5.74, 6) is -0.531. The van der Waals surface area contributed by atoms with E-state index in [0.717, 1.165) is 12.1 Å². The average Bonchev–Trinajstić information content (AvgIpc) is 3.01. The van der Waals surface area contributed by atoms with Gasteiger partial charge in [0.2, 0.25) is 0 Å². The molecule has 5 nitrogen and oxygen atoms in total. The van der Waals surface area contributed by atoms with Crippen molar-refractivity contribution >= 4 is 23.2 Å². The van der Waals surface area contributed by atoms with Gasteiger partial charge in [0, 0.05) is 18.3 Å². The Labute approximate surface area is 163 Å². The van der Waals surface area contributed by atoms with E-state index in [1.807, 2.05) is 0 Å². The van der Waals surface area contributed by atoms with Crippen molar-refractivity contribution in [1.82, 2.24) is 5.16 Å². The van der Waals surface area contributed by atoms with Gasteiger partial charge in [0.25, 0.3) is 5.91 Å². The van der Waals surface area contributed by atoms with Gasteiger partial charge in [-0.15, -0.1) is 13.2 Å². The van der Waals surface area contributed by atoms with Crippen LogP contribution in [0.25, 0.3) is 11.3 Å². The van der Waals surface area contributed by atoms with Crippen LogP contribution in [0.1, 0.15) is 16.1 Å². The van der Waals surface area contributed by atoms with Crippen LogP contribution in [-0.4, -0.2) is 24.5 Å². The molecule has 0 saturated carbocycles. The second kappa shape index (κ2) is 7.55. The van der Waals surface area contributed by atoms with Crippen molar-refractivity contribution in [3.63, 3.8) is 0 Å². The first-order valence-corrected chi connectivity index (χ1v) is 8.40. The number of aryl methyl sites for hydroxylation is 1. The fourth-order valence-electron chi connectivity index (χ4n) is 2.62. The minimum Gasteiger partial charge on any atom is -0.406 e. The summed E-state index contributed by atoms with van der Waals surface area (Å²) in [6.07, 6.45) is -4.79. The van der Waals surface area contributed by atoms with Gasteiger partial charge in [0.15, 0.2) is 0 Å². The predicted octanol–water partition coefficient (Wildman–Crippen LogP) is 5.48. The molecule has 3 aromatic rings. The second-order valence-electron chi connectivity index (χ2n) is 5.85. The van der Waals surface area contributed by atoms with Gasteiger partial charge in [0.1, 0.15) is 22.8 Å². The van der Waals surface area contributed by atoms with Crippen LogP contribution in [0.4, 0.5) is 18.9 Å². The van der Waals surface area contributed by atoms with E-state index in [1.165, 1.54) is 24.1 Å². The normalized spacial score (nSPS) is 11.4. The Bertz CT molecular complexity index is 1000. The summed E-state index contributed by atoms with van der Waals surface area (Å²) in [6.45, 7) is 1.59. The van der Waals surface area contributed by atoms with E-state index in [-0.39, 0.29) is 17.0 Å². The topological polar surface area (TPSA) is 55.6 Å². The molecule has 28 heavy (non-hydrogen) atoms. The maximum atomic E-state index is 13.0. The van der Waals surface area contributed by atoms with Crippen LogP contribution in [0, 0.1) is 6.92 Å². The molecule has 0 unspecified atom stereocenters. The number of nitrogens with zero attached hydrogens (tertiary/aromatic N) is 2. The first-order valence-electron chi connectivity index (χ1n) is 8.02. The quantitative estimate of drug-likeness (QED) is 0.571. The molecule has 1 amide bonds. The monoisotopic (exact) mass is 410 g/mol. The molecule has 0 N–H and O–H groups in total. The van der Waals surface area contributed by atoms with Gasteiger partial charge in [-0.3, -0.25) is 4.79 Å². The van der Waals surface area contributed by atoms with Crippen molar-refractivity contribution < 1.29 is 27.2 Å². The van der Waals surface area contributed by atoms with E-state index in [0.29, 0.717) is 22.0 Å². The SMILES string of the molecule is Cc1onc(-c2ccccc2Cl)c1C(=O)N(C)c1ccc(OC(F)(F)F)cc1. The Morgan fingerprint density at radius 1 is 1.14 bits per heavy atom. The molecule has 0 spiro atoms. The van der Waals surface area contributed by atoms with Crippen molar-refractivity contribution in [3.8, 4) is 17.0 Å². The number of carbonyl (C=O) groups is 1. The third-order valence-corrected chi connectivity index (χ3v) is 4.30. The molecular formula is C19H14ClF3N2O3. The van der Waals surface area contributed by atoms with Gasteiger partial charge in [-0.2, -0.15) is 0 Å². The number of aromatic nitrogens is 1. The number of amides is 1. The molecule has 2 aromatic carbocycles. The number of ether oxygens (including phenoxy) is 1. The minimum absolute atomic E-state index is 0.214. The van der Waals surface area contributed by atoms with Gasteiger partial charge >= 0.3 is 6.36 Å². The number of halogens is 4. The molecule has 0 saturated heterocycles. The molecule has 0 aliphatic carbocycles. The largest absolute Gasteiger partial charge is 0.573 e. The molecule has 0 fully saturated rings. The van der Waals surface area contributed by atoms with Crippen LogP contribution in [0.3, 0.4) is 0 Å². The third-order valence-electron chi connectivity index (χ3n) is 3.97. The zero-order valence-corrected chi connectivity index (χ0v) is 15.5. The van der Waals surface area contributed by atoms with Gasteiger partial charge in [-0.25, -0.2) is 0 Å². The summed E-state index contributed by atoms with van der Waals surface area (Å²) in [5, 5.41) is 4.35. The zero-order chi connectivity index (χ0) is 20.5. The Kier molecular flexibility index (Phi) is 5.33. The number of rotatable bonds is 4. The molecule has 146 valence electrons. The summed E-state index contributed by atoms with van der Waals surface area (Å²) >= 11 is 6.20. The fraction of sp³-hybridized carbons (Fsp3) is 0.158. The lowest BCUT2D eigenvalue weighted by Gasteiger charge is -2.18. The number of alkyl halides is 3. The molecule has 0 bridgehead atoms. The summed E-state index contributed by atoms with van der Waals surface area (Å²) in [4.78, 5) is 14.3. The highest BCUT2D eigenvalue weighted by molar-refractivity contribution is 6.33. The van der Waals surface area contributed by atoms with Crippen LogP contribution < -0.4 is 9.64 Å². The van der Waals surface area contributed by atoms with Gasteiger partial charge in [-0.05, 0) is 37.3 Å². The van der Waals surface area contributed by atoms with Gasteiger partial charge in [0.05, 0.1) is 5.02 Å². The molecule has 9 heteroatoms. The van der Waals surface area contributed by atoms with Crippen LogP contribution >= 0.6 is 11.6 Å². The zero-order valence-electron chi connectivity index (χ0n) is 14.7. The lowest BCUT2D eigenvalue weighted by Crippen LogP contribution is -2.27. The molecule has 1 heterocycles. The Hall–Kier alpha value is -3.00. The smallest absolute Gasteiger partial charge is 0.406 e. The third kappa shape index (κ3) is 4.12. The van der Waals surface area contributed by atoms with E-state index in [1.54, 1.807) is 31.2 Å². The molecule has 0 atom stereocenters. The maximum Gasteiger partial charge on any atom is 0.573 e. The van der Waals surface area contributed by atoms with Crippen LogP contribution in [-0.2, 0) is 0 Å². The molecule has 0 aliphatic rings. The van der Waals surface area contributed by atoms with E-state index in [9.17, 15) is 18.0 Å². The molecule has 0 radical (unpaired) electrons. The Morgan fingerprint density at radius 2 is 1.79 bits per heavy atom. The summed E-state index contributed by atoms with van der Waals surface area (Å²) in [6, 6.07) is 11.8.